The van der Waals surface area contributed by atoms with Gasteiger partial charge in [-0.2, -0.15) is 0 Å². The number of piperidine rings is 3. The van der Waals surface area contributed by atoms with Crippen LogP contribution in [0.4, 0.5) is 0 Å². The van der Waals surface area contributed by atoms with E-state index in [1.165, 1.54) is 12.8 Å². The predicted octanol–water partition coefficient (Wildman–Crippen LogP) is 3.93. The van der Waals surface area contributed by atoms with Gasteiger partial charge in [0.1, 0.15) is 5.75 Å². The van der Waals surface area contributed by atoms with Gasteiger partial charge < -0.3 is 10.1 Å². The molecule has 3 aliphatic heterocycles. The largest absolute Gasteiger partial charge is 0.497 e. The lowest BCUT2D eigenvalue weighted by Gasteiger charge is -2.56. The summed E-state index contributed by atoms with van der Waals surface area (Å²) in [5.74, 6) is 1.48. The first kappa shape index (κ1) is 18.5. The van der Waals surface area contributed by atoms with E-state index in [2.05, 4.69) is 24.1 Å². The van der Waals surface area contributed by atoms with Crippen molar-refractivity contribution in [2.45, 2.75) is 38.3 Å². The maximum Gasteiger partial charge on any atom is 0.261 e. The van der Waals surface area contributed by atoms with Gasteiger partial charge in [0.25, 0.3) is 5.91 Å². The van der Waals surface area contributed by atoms with Crippen LogP contribution < -0.4 is 10.1 Å². The van der Waals surface area contributed by atoms with Gasteiger partial charge >= 0.3 is 0 Å². The molecule has 5 rings (SSSR count). The number of hydrogen-bond donors (Lipinski definition) is 1. The van der Waals surface area contributed by atoms with E-state index in [9.17, 15) is 4.79 Å². The lowest BCUT2D eigenvalue weighted by atomic mass is 9.72. The molecule has 3 aliphatic rings. The maximum absolute atomic E-state index is 12.9. The molecule has 0 spiro atoms. The van der Waals surface area contributed by atoms with Crippen LogP contribution in [0.1, 0.15) is 36.4 Å². The zero-order valence-corrected chi connectivity index (χ0v) is 16.5. The van der Waals surface area contributed by atoms with Gasteiger partial charge in [0.2, 0.25) is 0 Å². The number of fused-ring (bicyclic) bond motifs is 4. The number of rotatable bonds is 3. The van der Waals surface area contributed by atoms with Crippen molar-refractivity contribution in [2.24, 2.45) is 5.92 Å². The fraction of sp³-hybridized carbons (Fsp3) is 0.526. The first-order valence-corrected chi connectivity index (χ1v) is 9.44. The molecule has 0 saturated carbocycles. The van der Waals surface area contributed by atoms with Gasteiger partial charge in [-0.15, -0.1) is 23.7 Å². The van der Waals surface area contributed by atoms with Gasteiger partial charge in [0.15, 0.2) is 0 Å². The molecule has 136 valence electrons. The third-order valence-electron chi connectivity index (χ3n) is 5.82. The summed E-state index contributed by atoms with van der Waals surface area (Å²) in [7, 11) is 1.66. The highest BCUT2D eigenvalue weighted by Gasteiger charge is 2.48. The number of benzene rings is 1. The number of halogens is 1. The van der Waals surface area contributed by atoms with E-state index in [1.54, 1.807) is 18.4 Å². The molecule has 2 bridgehead atoms. The summed E-state index contributed by atoms with van der Waals surface area (Å²) in [6.07, 6.45) is 2.38. The quantitative estimate of drug-likeness (QED) is 0.877. The van der Waals surface area contributed by atoms with E-state index >= 15 is 0 Å². The van der Waals surface area contributed by atoms with Gasteiger partial charge in [0.05, 0.1) is 12.0 Å². The Morgan fingerprint density at radius 1 is 1.28 bits per heavy atom. The van der Waals surface area contributed by atoms with Crippen molar-refractivity contribution in [3.8, 4) is 5.75 Å². The number of carbonyl (C=O) groups is 1. The first-order valence-electron chi connectivity index (χ1n) is 8.62. The van der Waals surface area contributed by atoms with E-state index in [4.69, 9.17) is 4.74 Å². The SMILES string of the molecule is COc1ccc2sc(C(=O)NC3C4CCN(CC4)C3(C)C)cc2c1.Cl. The zero-order chi connectivity index (χ0) is 16.9. The molecule has 6 heteroatoms. The molecule has 0 aliphatic carbocycles. The van der Waals surface area contributed by atoms with Crippen LogP contribution in [0.25, 0.3) is 10.1 Å². The van der Waals surface area contributed by atoms with Gasteiger partial charge in [-0.1, -0.05) is 0 Å². The van der Waals surface area contributed by atoms with Crippen molar-refractivity contribution in [3.05, 3.63) is 29.1 Å². The van der Waals surface area contributed by atoms with Gasteiger partial charge in [-0.3, -0.25) is 9.69 Å². The topological polar surface area (TPSA) is 41.6 Å². The number of nitrogens with zero attached hydrogens (tertiary/aromatic N) is 1. The second kappa shape index (κ2) is 6.78. The van der Waals surface area contributed by atoms with Crippen molar-refractivity contribution < 1.29 is 9.53 Å². The molecule has 1 N–H and O–H groups in total. The van der Waals surface area contributed by atoms with E-state index in [-0.39, 0.29) is 29.9 Å². The van der Waals surface area contributed by atoms with Crippen molar-refractivity contribution in [1.29, 1.82) is 0 Å². The molecule has 1 unspecified atom stereocenters. The Kier molecular flexibility index (Phi) is 5.02. The van der Waals surface area contributed by atoms with E-state index < -0.39 is 0 Å². The number of hydrogen-bond acceptors (Lipinski definition) is 4. The van der Waals surface area contributed by atoms with Crippen LogP contribution in [0.2, 0.25) is 0 Å². The second-order valence-electron chi connectivity index (χ2n) is 7.44. The fourth-order valence-electron chi connectivity index (χ4n) is 4.35. The lowest BCUT2D eigenvalue weighted by Crippen LogP contribution is -2.69. The second-order valence-corrected chi connectivity index (χ2v) is 8.53. The fourth-order valence-corrected chi connectivity index (χ4v) is 5.30. The Bertz CT molecular complexity index is 781. The summed E-state index contributed by atoms with van der Waals surface area (Å²) >= 11 is 1.55. The number of methoxy groups -OCH3 is 1. The molecular weight excluding hydrogens is 356 g/mol. The molecule has 2 aromatic rings. The van der Waals surface area contributed by atoms with E-state index in [0.717, 1.165) is 33.8 Å². The highest BCUT2D eigenvalue weighted by atomic mass is 35.5. The summed E-state index contributed by atoms with van der Waals surface area (Å²) in [6.45, 7) is 6.84. The third kappa shape index (κ3) is 3.14. The Morgan fingerprint density at radius 3 is 2.64 bits per heavy atom. The van der Waals surface area contributed by atoms with Gasteiger partial charge in [0, 0.05) is 16.3 Å². The highest BCUT2D eigenvalue weighted by Crippen LogP contribution is 2.39. The summed E-state index contributed by atoms with van der Waals surface area (Å²) in [4.78, 5) is 16.2. The summed E-state index contributed by atoms with van der Waals surface area (Å²) in [5, 5.41) is 4.41. The maximum atomic E-state index is 12.9. The summed E-state index contributed by atoms with van der Waals surface area (Å²) in [6, 6.07) is 8.16. The minimum absolute atomic E-state index is 0. The Morgan fingerprint density at radius 2 is 2.00 bits per heavy atom. The van der Waals surface area contributed by atoms with Crippen LogP contribution in [-0.4, -0.2) is 42.6 Å². The number of amides is 1. The van der Waals surface area contributed by atoms with Crippen LogP contribution in [0.5, 0.6) is 5.75 Å². The Labute approximate surface area is 158 Å². The molecule has 1 atom stereocenters. The summed E-state index contributed by atoms with van der Waals surface area (Å²) in [5.41, 5.74) is 0.0384. The first-order chi connectivity index (χ1) is 11.5. The van der Waals surface area contributed by atoms with Gasteiger partial charge in [-0.05, 0) is 75.3 Å². The number of carbonyl (C=O) groups excluding carboxylic acids is 1. The minimum Gasteiger partial charge on any atom is -0.497 e. The van der Waals surface area contributed by atoms with E-state index in [1.807, 2.05) is 24.3 Å². The average Bonchev–Trinajstić information content (AvgIpc) is 3.01. The van der Waals surface area contributed by atoms with Crippen LogP contribution in [0.15, 0.2) is 24.3 Å². The zero-order valence-electron chi connectivity index (χ0n) is 14.9. The molecular formula is C19H25ClN2O2S. The number of nitrogens with one attached hydrogen (secondary N) is 1. The molecule has 25 heavy (non-hydrogen) atoms. The minimum atomic E-state index is 0. The molecule has 1 aromatic carbocycles. The monoisotopic (exact) mass is 380 g/mol. The van der Waals surface area contributed by atoms with Crippen molar-refractivity contribution in [1.82, 2.24) is 10.2 Å². The lowest BCUT2D eigenvalue weighted by molar-refractivity contribution is -0.0377. The third-order valence-corrected chi connectivity index (χ3v) is 6.94. The van der Waals surface area contributed by atoms with Crippen LogP contribution >= 0.6 is 23.7 Å². The average molecular weight is 381 g/mol. The van der Waals surface area contributed by atoms with Crippen LogP contribution in [0, 0.1) is 5.92 Å². The Hall–Kier alpha value is -1.30. The predicted molar refractivity (Wildman–Crippen MR) is 105 cm³/mol. The molecule has 4 nitrogen and oxygen atoms in total. The molecule has 1 amide bonds. The Balaban J connectivity index is 0.00000182. The van der Waals surface area contributed by atoms with E-state index in [0.29, 0.717) is 5.92 Å². The van der Waals surface area contributed by atoms with Crippen LogP contribution in [0.3, 0.4) is 0 Å². The number of ether oxygens (including phenoxy) is 1. The van der Waals surface area contributed by atoms with Gasteiger partial charge in [-0.25, -0.2) is 0 Å². The van der Waals surface area contributed by atoms with Crippen LogP contribution in [-0.2, 0) is 0 Å². The normalized spacial score (nSPS) is 26.9. The molecule has 1 aromatic heterocycles. The standard InChI is InChI=1S/C19H24N2O2S.ClH/c1-19(2)17(12-6-8-21(19)9-7-12)20-18(22)16-11-13-10-14(23-3)4-5-15(13)24-16;/h4-5,10-12,17H,6-9H2,1-3H3,(H,20,22);1H. The highest BCUT2D eigenvalue weighted by molar-refractivity contribution is 7.20. The molecule has 3 fully saturated rings. The smallest absolute Gasteiger partial charge is 0.261 e. The molecule has 3 saturated heterocycles. The molecule has 4 heterocycles. The van der Waals surface area contributed by atoms with Crippen molar-refractivity contribution >= 4 is 39.7 Å². The van der Waals surface area contributed by atoms with Crippen molar-refractivity contribution in [3.63, 3.8) is 0 Å². The molecule has 0 radical (unpaired) electrons. The summed E-state index contributed by atoms with van der Waals surface area (Å²) < 4.78 is 6.39. The van der Waals surface area contributed by atoms with Crippen molar-refractivity contribution in [2.75, 3.05) is 20.2 Å². The number of thiophene rings is 1.